The SMILES string of the molecule is CCOC(=O)c1cc(N)cc(Cl)c1Oc1ccc(I)cc1. The van der Waals surface area contributed by atoms with E-state index in [1.165, 1.54) is 12.1 Å². The Balaban J connectivity index is 2.41. The Morgan fingerprint density at radius 2 is 1.95 bits per heavy atom. The quantitative estimate of drug-likeness (QED) is 0.452. The van der Waals surface area contributed by atoms with E-state index in [-0.39, 0.29) is 22.9 Å². The van der Waals surface area contributed by atoms with E-state index in [1.807, 2.05) is 12.1 Å². The zero-order valence-corrected chi connectivity index (χ0v) is 14.1. The van der Waals surface area contributed by atoms with Gasteiger partial charge in [-0.15, -0.1) is 0 Å². The molecule has 0 radical (unpaired) electrons. The summed E-state index contributed by atoms with van der Waals surface area (Å²) in [6.07, 6.45) is 0. The van der Waals surface area contributed by atoms with Crippen molar-refractivity contribution in [2.45, 2.75) is 6.92 Å². The van der Waals surface area contributed by atoms with Gasteiger partial charge in [0.05, 0.1) is 11.6 Å². The van der Waals surface area contributed by atoms with Gasteiger partial charge in [-0.3, -0.25) is 0 Å². The molecule has 2 aromatic rings. The van der Waals surface area contributed by atoms with E-state index in [9.17, 15) is 4.79 Å². The second-order valence-corrected chi connectivity index (χ2v) is 5.81. The molecule has 0 aliphatic rings. The Labute approximate surface area is 141 Å². The highest BCUT2D eigenvalue weighted by Gasteiger charge is 2.19. The van der Waals surface area contributed by atoms with Gasteiger partial charge >= 0.3 is 5.97 Å². The first-order chi connectivity index (χ1) is 10.0. The van der Waals surface area contributed by atoms with Crippen molar-refractivity contribution in [2.24, 2.45) is 0 Å². The maximum atomic E-state index is 12.0. The monoisotopic (exact) mass is 417 g/mol. The van der Waals surface area contributed by atoms with Gasteiger partial charge in [0, 0.05) is 9.26 Å². The van der Waals surface area contributed by atoms with Crippen LogP contribution in [0.15, 0.2) is 36.4 Å². The van der Waals surface area contributed by atoms with Gasteiger partial charge in [0.25, 0.3) is 0 Å². The number of carbonyl (C=O) groups is 1. The van der Waals surface area contributed by atoms with Crippen molar-refractivity contribution < 1.29 is 14.3 Å². The van der Waals surface area contributed by atoms with Gasteiger partial charge in [-0.05, 0) is 65.9 Å². The summed E-state index contributed by atoms with van der Waals surface area (Å²) in [5.41, 5.74) is 6.31. The molecule has 0 saturated heterocycles. The molecule has 2 N–H and O–H groups in total. The van der Waals surface area contributed by atoms with Crippen LogP contribution in [0.1, 0.15) is 17.3 Å². The summed E-state index contributed by atoms with van der Waals surface area (Å²) in [6, 6.07) is 10.4. The van der Waals surface area contributed by atoms with Crippen LogP contribution in [0, 0.1) is 3.57 Å². The molecule has 6 heteroatoms. The summed E-state index contributed by atoms with van der Waals surface area (Å²) in [5, 5.41) is 0.261. The van der Waals surface area contributed by atoms with Crippen LogP contribution in [-0.4, -0.2) is 12.6 Å². The molecule has 0 aliphatic heterocycles. The van der Waals surface area contributed by atoms with Crippen molar-refractivity contribution in [1.29, 1.82) is 0 Å². The van der Waals surface area contributed by atoms with Gasteiger partial charge in [0.15, 0.2) is 5.75 Å². The number of hydrogen-bond donors (Lipinski definition) is 1. The first kappa shape index (κ1) is 15.9. The third-order valence-corrected chi connectivity index (χ3v) is 3.59. The number of esters is 1. The van der Waals surface area contributed by atoms with Crippen molar-refractivity contribution in [3.05, 3.63) is 50.6 Å². The van der Waals surface area contributed by atoms with Crippen LogP contribution < -0.4 is 10.5 Å². The third-order valence-electron chi connectivity index (χ3n) is 2.59. The minimum absolute atomic E-state index is 0.209. The fourth-order valence-corrected chi connectivity index (χ4v) is 2.33. The van der Waals surface area contributed by atoms with Crippen LogP contribution in [0.25, 0.3) is 0 Å². The molecular formula is C15H13ClINO3. The molecule has 0 heterocycles. The molecule has 0 fully saturated rings. The molecule has 0 bridgehead atoms. The number of hydrogen-bond acceptors (Lipinski definition) is 4. The lowest BCUT2D eigenvalue weighted by molar-refractivity contribution is 0.0523. The van der Waals surface area contributed by atoms with Gasteiger partial charge in [-0.1, -0.05) is 11.6 Å². The van der Waals surface area contributed by atoms with Crippen LogP contribution in [0.5, 0.6) is 11.5 Å². The fourth-order valence-electron chi connectivity index (χ4n) is 1.70. The number of rotatable bonds is 4. The van der Waals surface area contributed by atoms with E-state index in [1.54, 1.807) is 19.1 Å². The van der Waals surface area contributed by atoms with Crippen molar-refractivity contribution >= 4 is 45.8 Å². The van der Waals surface area contributed by atoms with Gasteiger partial charge in [-0.2, -0.15) is 0 Å². The van der Waals surface area contributed by atoms with Crippen molar-refractivity contribution in [2.75, 3.05) is 12.3 Å². The zero-order chi connectivity index (χ0) is 15.4. The first-order valence-corrected chi connectivity index (χ1v) is 7.66. The molecule has 21 heavy (non-hydrogen) atoms. The summed E-state index contributed by atoms with van der Waals surface area (Å²) >= 11 is 8.34. The van der Waals surface area contributed by atoms with E-state index in [2.05, 4.69) is 22.6 Å². The van der Waals surface area contributed by atoms with Crippen molar-refractivity contribution in [1.82, 2.24) is 0 Å². The van der Waals surface area contributed by atoms with Crippen molar-refractivity contribution in [3.8, 4) is 11.5 Å². The minimum Gasteiger partial charge on any atom is -0.462 e. The van der Waals surface area contributed by atoms with E-state index in [0.717, 1.165) is 3.57 Å². The molecule has 4 nitrogen and oxygen atoms in total. The molecule has 110 valence electrons. The Kier molecular flexibility index (Phi) is 5.30. The highest BCUT2D eigenvalue weighted by Crippen LogP contribution is 2.35. The van der Waals surface area contributed by atoms with Crippen LogP contribution in [0.2, 0.25) is 5.02 Å². The van der Waals surface area contributed by atoms with Gasteiger partial charge in [0.2, 0.25) is 0 Å². The number of ether oxygens (including phenoxy) is 2. The molecule has 0 aromatic heterocycles. The van der Waals surface area contributed by atoms with Gasteiger partial charge in [-0.25, -0.2) is 4.79 Å². The van der Waals surface area contributed by atoms with E-state index in [0.29, 0.717) is 11.4 Å². The van der Waals surface area contributed by atoms with E-state index in [4.69, 9.17) is 26.8 Å². The molecule has 0 saturated carbocycles. The topological polar surface area (TPSA) is 61.5 Å². The molecule has 0 atom stereocenters. The second kappa shape index (κ2) is 7.00. The number of halogens is 2. The lowest BCUT2D eigenvalue weighted by Crippen LogP contribution is -2.07. The van der Waals surface area contributed by atoms with Gasteiger partial charge in [0.1, 0.15) is 11.3 Å². The lowest BCUT2D eigenvalue weighted by Gasteiger charge is -2.13. The normalized spacial score (nSPS) is 10.2. The molecule has 0 aliphatic carbocycles. The number of nitrogen functional groups attached to an aromatic ring is 1. The summed E-state index contributed by atoms with van der Waals surface area (Å²) in [7, 11) is 0. The lowest BCUT2D eigenvalue weighted by atomic mass is 10.1. The largest absolute Gasteiger partial charge is 0.462 e. The molecule has 2 aromatic carbocycles. The molecule has 0 amide bonds. The second-order valence-electron chi connectivity index (χ2n) is 4.16. The molecule has 0 unspecified atom stereocenters. The maximum Gasteiger partial charge on any atom is 0.342 e. The fraction of sp³-hybridized carbons (Fsp3) is 0.133. The summed E-state index contributed by atoms with van der Waals surface area (Å²) < 4.78 is 11.8. The average molecular weight is 418 g/mol. The Hall–Kier alpha value is -1.47. The molecule has 0 spiro atoms. The highest BCUT2D eigenvalue weighted by atomic mass is 127. The smallest absolute Gasteiger partial charge is 0.342 e. The van der Waals surface area contributed by atoms with Crippen molar-refractivity contribution in [3.63, 3.8) is 0 Å². The van der Waals surface area contributed by atoms with E-state index < -0.39 is 5.97 Å². The Morgan fingerprint density at radius 1 is 1.29 bits per heavy atom. The average Bonchev–Trinajstić information content (AvgIpc) is 2.44. The summed E-state index contributed by atoms with van der Waals surface area (Å²) in [5.74, 6) is 0.297. The Bertz CT molecular complexity index is 659. The predicted octanol–water partition coefficient (Wildman–Crippen LogP) is 4.50. The zero-order valence-electron chi connectivity index (χ0n) is 11.2. The van der Waals surface area contributed by atoms with E-state index >= 15 is 0 Å². The number of carbonyl (C=O) groups excluding carboxylic acids is 1. The number of benzene rings is 2. The van der Waals surface area contributed by atoms with Crippen LogP contribution in [0.3, 0.4) is 0 Å². The number of anilines is 1. The van der Waals surface area contributed by atoms with Crippen LogP contribution in [0.4, 0.5) is 5.69 Å². The first-order valence-electron chi connectivity index (χ1n) is 6.20. The predicted molar refractivity (Wildman–Crippen MR) is 91.1 cm³/mol. The minimum atomic E-state index is -0.521. The maximum absolute atomic E-state index is 12.0. The summed E-state index contributed by atoms with van der Waals surface area (Å²) in [4.78, 5) is 12.0. The third kappa shape index (κ3) is 4.01. The molecular weight excluding hydrogens is 405 g/mol. The van der Waals surface area contributed by atoms with Gasteiger partial charge < -0.3 is 15.2 Å². The Morgan fingerprint density at radius 3 is 2.57 bits per heavy atom. The molecule has 2 rings (SSSR count). The van der Waals surface area contributed by atoms with Crippen LogP contribution in [-0.2, 0) is 4.74 Å². The number of nitrogens with two attached hydrogens (primary N) is 1. The standard InChI is InChI=1S/C15H13ClINO3/c1-2-20-15(19)12-7-10(18)8-13(16)14(12)21-11-5-3-9(17)4-6-11/h3-8H,2,18H2,1H3. The highest BCUT2D eigenvalue weighted by molar-refractivity contribution is 14.1. The summed E-state index contributed by atoms with van der Waals surface area (Å²) in [6.45, 7) is 1.99. The van der Waals surface area contributed by atoms with Crippen LogP contribution >= 0.6 is 34.2 Å².